The maximum absolute atomic E-state index is 12.4. The SMILES string of the molecule is CCOc1ccc(N)cc1C(=O)NC1CCCC(C)C1. The van der Waals surface area contributed by atoms with E-state index in [-0.39, 0.29) is 11.9 Å². The zero-order valence-electron chi connectivity index (χ0n) is 12.3. The van der Waals surface area contributed by atoms with Gasteiger partial charge in [0.2, 0.25) is 0 Å². The molecular weight excluding hydrogens is 252 g/mol. The number of rotatable bonds is 4. The lowest BCUT2D eigenvalue weighted by molar-refractivity contribution is 0.0917. The number of carbonyl (C=O) groups is 1. The van der Waals surface area contributed by atoms with Crippen LogP contribution in [0.1, 0.15) is 49.9 Å². The molecule has 0 heterocycles. The lowest BCUT2D eigenvalue weighted by atomic mass is 9.87. The normalized spacial score (nSPS) is 22.3. The van der Waals surface area contributed by atoms with Gasteiger partial charge in [-0.25, -0.2) is 0 Å². The summed E-state index contributed by atoms with van der Waals surface area (Å²) in [5.41, 5.74) is 6.89. The lowest BCUT2D eigenvalue weighted by Crippen LogP contribution is -2.38. The van der Waals surface area contributed by atoms with Crippen LogP contribution >= 0.6 is 0 Å². The van der Waals surface area contributed by atoms with Gasteiger partial charge in [0, 0.05) is 11.7 Å². The first kappa shape index (κ1) is 14.7. The molecule has 4 heteroatoms. The molecule has 1 aromatic rings. The first-order chi connectivity index (χ1) is 9.60. The summed E-state index contributed by atoms with van der Waals surface area (Å²) in [6, 6.07) is 5.47. The zero-order valence-corrected chi connectivity index (χ0v) is 12.3. The summed E-state index contributed by atoms with van der Waals surface area (Å²) in [6.45, 7) is 4.68. The summed E-state index contributed by atoms with van der Waals surface area (Å²) in [7, 11) is 0. The van der Waals surface area contributed by atoms with Crippen LogP contribution in [0.3, 0.4) is 0 Å². The number of nitrogen functional groups attached to an aromatic ring is 1. The van der Waals surface area contributed by atoms with E-state index in [2.05, 4.69) is 12.2 Å². The summed E-state index contributed by atoms with van der Waals surface area (Å²) < 4.78 is 5.51. The Morgan fingerprint density at radius 1 is 1.45 bits per heavy atom. The second kappa shape index (κ2) is 6.64. The van der Waals surface area contributed by atoms with E-state index < -0.39 is 0 Å². The third-order valence-corrected chi connectivity index (χ3v) is 3.82. The number of ether oxygens (including phenoxy) is 1. The summed E-state index contributed by atoms with van der Waals surface area (Å²) in [5.74, 6) is 1.20. The molecule has 0 bridgehead atoms. The first-order valence-electron chi connectivity index (χ1n) is 7.43. The minimum atomic E-state index is -0.0835. The third-order valence-electron chi connectivity index (χ3n) is 3.82. The van der Waals surface area contributed by atoms with Crippen LogP contribution in [-0.4, -0.2) is 18.6 Å². The molecule has 0 spiro atoms. The van der Waals surface area contributed by atoms with Gasteiger partial charge in [-0.1, -0.05) is 19.8 Å². The minimum Gasteiger partial charge on any atom is -0.493 e. The van der Waals surface area contributed by atoms with Crippen molar-refractivity contribution in [2.75, 3.05) is 12.3 Å². The van der Waals surface area contributed by atoms with Crippen LogP contribution in [0.4, 0.5) is 5.69 Å². The molecule has 2 atom stereocenters. The summed E-state index contributed by atoms with van der Waals surface area (Å²) >= 11 is 0. The highest BCUT2D eigenvalue weighted by atomic mass is 16.5. The van der Waals surface area contributed by atoms with Gasteiger partial charge in [0.1, 0.15) is 5.75 Å². The fourth-order valence-corrected chi connectivity index (χ4v) is 2.83. The van der Waals surface area contributed by atoms with Crippen LogP contribution in [0.5, 0.6) is 5.75 Å². The van der Waals surface area contributed by atoms with Crippen LogP contribution in [0.25, 0.3) is 0 Å². The predicted molar refractivity (Wildman–Crippen MR) is 80.9 cm³/mol. The summed E-state index contributed by atoms with van der Waals surface area (Å²) in [4.78, 5) is 12.4. The Morgan fingerprint density at radius 2 is 2.25 bits per heavy atom. The Labute approximate surface area is 120 Å². The monoisotopic (exact) mass is 276 g/mol. The highest BCUT2D eigenvalue weighted by molar-refractivity contribution is 5.98. The van der Waals surface area contributed by atoms with Crippen LogP contribution in [0.2, 0.25) is 0 Å². The van der Waals surface area contributed by atoms with Crippen LogP contribution in [0.15, 0.2) is 18.2 Å². The van der Waals surface area contributed by atoms with E-state index in [9.17, 15) is 4.79 Å². The predicted octanol–water partition coefficient (Wildman–Crippen LogP) is 2.98. The van der Waals surface area contributed by atoms with Crippen molar-refractivity contribution in [3.8, 4) is 5.75 Å². The number of hydrogen-bond donors (Lipinski definition) is 2. The number of amides is 1. The van der Waals surface area contributed by atoms with Crippen molar-refractivity contribution in [2.45, 2.75) is 45.6 Å². The fraction of sp³-hybridized carbons (Fsp3) is 0.562. The van der Waals surface area contributed by atoms with Crippen molar-refractivity contribution in [3.63, 3.8) is 0 Å². The van der Waals surface area contributed by atoms with E-state index in [0.29, 0.717) is 29.5 Å². The minimum absolute atomic E-state index is 0.0835. The molecule has 2 unspecified atom stereocenters. The van der Waals surface area contributed by atoms with Crippen LogP contribution < -0.4 is 15.8 Å². The van der Waals surface area contributed by atoms with E-state index in [1.54, 1.807) is 18.2 Å². The number of nitrogens with two attached hydrogens (primary N) is 1. The highest BCUT2D eigenvalue weighted by Gasteiger charge is 2.22. The van der Waals surface area contributed by atoms with Crippen molar-refractivity contribution in [3.05, 3.63) is 23.8 Å². The zero-order chi connectivity index (χ0) is 14.5. The van der Waals surface area contributed by atoms with E-state index in [1.165, 1.54) is 12.8 Å². The van der Waals surface area contributed by atoms with Crippen molar-refractivity contribution >= 4 is 11.6 Å². The average molecular weight is 276 g/mol. The number of hydrogen-bond acceptors (Lipinski definition) is 3. The molecule has 0 aromatic heterocycles. The van der Waals surface area contributed by atoms with E-state index in [4.69, 9.17) is 10.5 Å². The van der Waals surface area contributed by atoms with Gasteiger partial charge in [0.25, 0.3) is 5.91 Å². The van der Waals surface area contributed by atoms with Gasteiger partial charge in [0.05, 0.1) is 12.2 Å². The van der Waals surface area contributed by atoms with Crippen molar-refractivity contribution < 1.29 is 9.53 Å². The standard InChI is InChI=1S/C16H24N2O2/c1-3-20-15-8-7-12(17)10-14(15)16(19)18-13-6-4-5-11(2)9-13/h7-8,10-11,13H,3-6,9,17H2,1-2H3,(H,18,19). The fourth-order valence-electron chi connectivity index (χ4n) is 2.83. The topological polar surface area (TPSA) is 64.3 Å². The van der Waals surface area contributed by atoms with Gasteiger partial charge in [-0.3, -0.25) is 4.79 Å². The molecule has 1 amide bonds. The Bertz CT molecular complexity index is 474. The molecule has 0 aliphatic heterocycles. The molecule has 110 valence electrons. The third kappa shape index (κ3) is 3.65. The Balaban J connectivity index is 2.09. The smallest absolute Gasteiger partial charge is 0.255 e. The largest absolute Gasteiger partial charge is 0.493 e. The number of nitrogens with one attached hydrogen (secondary N) is 1. The lowest BCUT2D eigenvalue weighted by Gasteiger charge is -2.27. The van der Waals surface area contributed by atoms with Gasteiger partial charge >= 0.3 is 0 Å². The van der Waals surface area contributed by atoms with Gasteiger partial charge in [-0.15, -0.1) is 0 Å². The molecule has 0 saturated heterocycles. The molecule has 2 rings (SSSR count). The summed E-state index contributed by atoms with van der Waals surface area (Å²) in [5, 5.41) is 3.12. The number of benzene rings is 1. The second-order valence-corrected chi connectivity index (χ2v) is 5.63. The first-order valence-corrected chi connectivity index (χ1v) is 7.43. The van der Waals surface area contributed by atoms with Crippen molar-refractivity contribution in [1.29, 1.82) is 0 Å². The molecule has 20 heavy (non-hydrogen) atoms. The van der Waals surface area contributed by atoms with E-state index in [1.807, 2.05) is 6.92 Å². The van der Waals surface area contributed by atoms with Gasteiger partial charge in [-0.05, 0) is 43.9 Å². The Morgan fingerprint density at radius 3 is 2.95 bits per heavy atom. The Hall–Kier alpha value is -1.71. The van der Waals surface area contributed by atoms with Gasteiger partial charge in [-0.2, -0.15) is 0 Å². The quantitative estimate of drug-likeness (QED) is 0.831. The van der Waals surface area contributed by atoms with E-state index in [0.717, 1.165) is 12.8 Å². The van der Waals surface area contributed by atoms with Crippen LogP contribution in [-0.2, 0) is 0 Å². The maximum Gasteiger partial charge on any atom is 0.255 e. The Kier molecular flexibility index (Phi) is 4.88. The van der Waals surface area contributed by atoms with Gasteiger partial charge in [0.15, 0.2) is 0 Å². The molecule has 3 N–H and O–H groups in total. The molecule has 1 aliphatic rings. The van der Waals surface area contributed by atoms with Crippen LogP contribution in [0, 0.1) is 5.92 Å². The molecule has 1 aliphatic carbocycles. The highest BCUT2D eigenvalue weighted by Crippen LogP contribution is 2.25. The molecular formula is C16H24N2O2. The molecule has 0 radical (unpaired) electrons. The maximum atomic E-state index is 12.4. The number of carbonyl (C=O) groups excluding carboxylic acids is 1. The molecule has 4 nitrogen and oxygen atoms in total. The molecule has 1 saturated carbocycles. The summed E-state index contributed by atoms with van der Waals surface area (Å²) in [6.07, 6.45) is 4.55. The average Bonchev–Trinajstić information content (AvgIpc) is 2.41. The molecule has 1 aromatic carbocycles. The molecule has 1 fully saturated rings. The van der Waals surface area contributed by atoms with Crippen molar-refractivity contribution in [1.82, 2.24) is 5.32 Å². The van der Waals surface area contributed by atoms with Crippen molar-refractivity contribution in [2.24, 2.45) is 5.92 Å². The second-order valence-electron chi connectivity index (χ2n) is 5.63. The van der Waals surface area contributed by atoms with Gasteiger partial charge < -0.3 is 15.8 Å². The van der Waals surface area contributed by atoms with E-state index >= 15 is 0 Å². The number of anilines is 1.